The molecule has 0 atom stereocenters. The summed E-state index contributed by atoms with van der Waals surface area (Å²) in [6.45, 7) is -1.22. The van der Waals surface area contributed by atoms with E-state index in [1.54, 1.807) is 18.7 Å². The molecule has 0 unspecified atom stereocenters. The number of halogens is 3. The van der Waals surface area contributed by atoms with Crippen molar-refractivity contribution in [3.8, 4) is 5.75 Å². The molecule has 0 N–H and O–H groups in total. The quantitative estimate of drug-likeness (QED) is 0.721. The van der Waals surface area contributed by atoms with Gasteiger partial charge in [-0.2, -0.15) is 5.10 Å². The van der Waals surface area contributed by atoms with Crippen LogP contribution in [0.25, 0.3) is 0 Å². The molecular formula is C13H15BF3KN2O. The fourth-order valence-electron chi connectivity index (χ4n) is 1.99. The Bertz CT molecular complexity index is 628. The molecule has 0 fully saturated rings. The maximum absolute atomic E-state index is 12.6. The maximum Gasteiger partial charge on any atom is 1.00 e. The van der Waals surface area contributed by atoms with Gasteiger partial charge in [-0.05, 0) is 31.5 Å². The van der Waals surface area contributed by atoms with E-state index >= 15 is 0 Å². The minimum absolute atomic E-state index is 0. The van der Waals surface area contributed by atoms with Crippen LogP contribution >= 0.6 is 0 Å². The molecule has 1 aromatic heterocycles. The van der Waals surface area contributed by atoms with Crippen LogP contribution in [0.4, 0.5) is 12.9 Å². The molecular weight excluding hydrogens is 307 g/mol. The van der Waals surface area contributed by atoms with Gasteiger partial charge in [0.05, 0.1) is 11.4 Å². The van der Waals surface area contributed by atoms with Crippen LogP contribution in [-0.4, -0.2) is 16.8 Å². The molecule has 0 amide bonds. The number of ether oxygens (including phenoxy) is 1. The molecule has 2 rings (SSSR count). The number of benzene rings is 1. The molecule has 0 aliphatic heterocycles. The number of nitrogens with zero attached hydrogens (tertiary/aromatic N) is 2. The van der Waals surface area contributed by atoms with Crippen molar-refractivity contribution >= 4 is 12.4 Å². The van der Waals surface area contributed by atoms with Gasteiger partial charge in [-0.3, -0.25) is 4.68 Å². The van der Waals surface area contributed by atoms with Gasteiger partial charge in [-0.15, -0.1) is 5.46 Å². The Kier molecular flexibility index (Phi) is 6.55. The molecule has 0 spiro atoms. The minimum Gasteiger partial charge on any atom is -0.487 e. The number of rotatable bonds is 4. The van der Waals surface area contributed by atoms with E-state index in [0.29, 0.717) is 11.3 Å². The number of hydrogen-bond donors (Lipinski definition) is 0. The molecule has 0 aliphatic rings. The topological polar surface area (TPSA) is 27.1 Å². The molecule has 0 saturated carbocycles. The van der Waals surface area contributed by atoms with E-state index in [-0.39, 0.29) is 58.0 Å². The Hall–Kier alpha value is -0.279. The van der Waals surface area contributed by atoms with E-state index in [0.717, 1.165) is 23.5 Å². The van der Waals surface area contributed by atoms with Crippen LogP contribution in [0.2, 0.25) is 0 Å². The molecule has 3 nitrogen and oxygen atoms in total. The zero-order chi connectivity index (χ0) is 14.9. The van der Waals surface area contributed by atoms with Gasteiger partial charge in [0.1, 0.15) is 12.4 Å². The third-order valence-electron chi connectivity index (χ3n) is 3.05. The van der Waals surface area contributed by atoms with Crippen molar-refractivity contribution in [2.45, 2.75) is 20.5 Å². The minimum atomic E-state index is -4.97. The van der Waals surface area contributed by atoms with Crippen molar-refractivity contribution in [2.24, 2.45) is 7.05 Å². The fourth-order valence-corrected chi connectivity index (χ4v) is 1.99. The zero-order valence-electron chi connectivity index (χ0n) is 12.5. The summed E-state index contributed by atoms with van der Waals surface area (Å²) in [4.78, 5) is 0. The summed E-state index contributed by atoms with van der Waals surface area (Å²) in [6, 6.07) is 5.41. The molecule has 0 saturated heterocycles. The van der Waals surface area contributed by atoms with Crippen LogP contribution in [0, 0.1) is 13.8 Å². The molecule has 21 heavy (non-hydrogen) atoms. The average molecular weight is 322 g/mol. The van der Waals surface area contributed by atoms with Gasteiger partial charge in [0, 0.05) is 7.05 Å². The predicted molar refractivity (Wildman–Crippen MR) is 72.2 cm³/mol. The van der Waals surface area contributed by atoms with E-state index in [2.05, 4.69) is 5.10 Å². The van der Waals surface area contributed by atoms with Crippen molar-refractivity contribution in [1.29, 1.82) is 0 Å². The summed E-state index contributed by atoms with van der Waals surface area (Å²) in [7, 11) is 1.80. The van der Waals surface area contributed by atoms with Gasteiger partial charge < -0.3 is 17.7 Å². The summed E-state index contributed by atoms with van der Waals surface area (Å²) < 4.78 is 45.1. The first-order valence-electron chi connectivity index (χ1n) is 6.20. The smallest absolute Gasteiger partial charge is 0.487 e. The summed E-state index contributed by atoms with van der Waals surface area (Å²) in [5.41, 5.74) is 1.61. The van der Waals surface area contributed by atoms with Gasteiger partial charge >= 0.3 is 58.4 Å². The van der Waals surface area contributed by atoms with Crippen molar-refractivity contribution in [3.05, 3.63) is 41.2 Å². The van der Waals surface area contributed by atoms with Crippen LogP contribution < -0.4 is 61.6 Å². The summed E-state index contributed by atoms with van der Waals surface area (Å²) in [5.74, 6) is 0.452. The largest absolute Gasteiger partial charge is 1.00 e. The molecule has 8 heteroatoms. The van der Waals surface area contributed by atoms with Crippen LogP contribution in [0.15, 0.2) is 24.3 Å². The number of aryl methyl sites for hydroxylation is 3. The van der Waals surface area contributed by atoms with Gasteiger partial charge in [0.25, 0.3) is 0 Å². The second-order valence-electron chi connectivity index (χ2n) is 4.79. The monoisotopic (exact) mass is 322 g/mol. The van der Waals surface area contributed by atoms with Gasteiger partial charge in [-0.25, -0.2) is 0 Å². The van der Waals surface area contributed by atoms with Crippen molar-refractivity contribution < 1.29 is 69.1 Å². The first-order chi connectivity index (χ1) is 9.27. The zero-order valence-corrected chi connectivity index (χ0v) is 15.7. The van der Waals surface area contributed by atoms with Crippen LogP contribution in [0.5, 0.6) is 5.75 Å². The van der Waals surface area contributed by atoms with Crippen LogP contribution in [0.3, 0.4) is 0 Å². The normalized spacial score (nSPS) is 11.1. The Morgan fingerprint density at radius 3 is 2.33 bits per heavy atom. The summed E-state index contributed by atoms with van der Waals surface area (Å²) in [6.07, 6.45) is 0. The van der Waals surface area contributed by atoms with Gasteiger partial charge in [0.2, 0.25) is 0 Å². The van der Waals surface area contributed by atoms with E-state index in [4.69, 9.17) is 4.74 Å². The van der Waals surface area contributed by atoms with Crippen LogP contribution in [0.1, 0.15) is 17.0 Å². The molecule has 0 radical (unpaired) electrons. The maximum atomic E-state index is 12.6. The Morgan fingerprint density at radius 2 is 1.86 bits per heavy atom. The van der Waals surface area contributed by atoms with Gasteiger partial charge in [0.15, 0.2) is 0 Å². The average Bonchev–Trinajstić information content (AvgIpc) is 2.65. The van der Waals surface area contributed by atoms with Gasteiger partial charge in [-0.1, -0.05) is 12.1 Å². The molecule has 108 valence electrons. The number of aromatic nitrogens is 2. The SMILES string of the molecule is Cc1cc(COc2ccc([B-](F)(F)F)cc2C)n(C)n1.[K+]. The second kappa shape index (κ2) is 7.32. The third kappa shape index (κ3) is 4.85. The van der Waals surface area contributed by atoms with Crippen LogP contribution in [-0.2, 0) is 13.7 Å². The Balaban J connectivity index is 0.00000220. The van der Waals surface area contributed by atoms with E-state index in [1.807, 2.05) is 13.0 Å². The Morgan fingerprint density at radius 1 is 1.19 bits per heavy atom. The molecule has 1 heterocycles. The van der Waals surface area contributed by atoms with E-state index < -0.39 is 12.4 Å². The number of hydrogen-bond acceptors (Lipinski definition) is 2. The third-order valence-corrected chi connectivity index (χ3v) is 3.05. The molecule has 0 aliphatic carbocycles. The standard InChI is InChI=1S/C13H15BF3N2O.K/c1-9-6-11(14(15,16)17)4-5-13(9)20-8-12-7-10(2)18-19(12)3;/h4-7H,8H2,1-3H3;/q-1;+1. The van der Waals surface area contributed by atoms with Crippen molar-refractivity contribution in [1.82, 2.24) is 9.78 Å². The summed E-state index contributed by atoms with van der Waals surface area (Å²) in [5, 5.41) is 4.18. The Labute approximate surface area is 164 Å². The second-order valence-corrected chi connectivity index (χ2v) is 4.79. The van der Waals surface area contributed by atoms with E-state index in [9.17, 15) is 12.9 Å². The van der Waals surface area contributed by atoms with Crippen molar-refractivity contribution in [2.75, 3.05) is 0 Å². The molecule has 0 bridgehead atoms. The fraction of sp³-hybridized carbons (Fsp3) is 0.308. The molecule has 1 aromatic carbocycles. The summed E-state index contributed by atoms with van der Waals surface area (Å²) >= 11 is 0. The van der Waals surface area contributed by atoms with Crippen molar-refractivity contribution in [3.63, 3.8) is 0 Å². The predicted octanol–water partition coefficient (Wildman–Crippen LogP) is -0.326. The van der Waals surface area contributed by atoms with E-state index in [1.165, 1.54) is 6.07 Å². The first kappa shape index (κ1) is 18.8. The molecule has 2 aromatic rings. The first-order valence-corrected chi connectivity index (χ1v) is 6.20.